The van der Waals surface area contributed by atoms with Gasteiger partial charge < -0.3 is 4.90 Å². The maximum atomic E-state index is 11.9. The van der Waals surface area contributed by atoms with Crippen LogP contribution in [0.5, 0.6) is 0 Å². The topological polar surface area (TPSA) is 46.1 Å². The quantitative estimate of drug-likeness (QED) is 0.797. The summed E-state index contributed by atoms with van der Waals surface area (Å²) in [5.41, 5.74) is 0.867. The van der Waals surface area contributed by atoms with Gasteiger partial charge in [0.2, 0.25) is 11.2 Å². The number of thioether (sulfide) groups is 1. The van der Waals surface area contributed by atoms with E-state index < -0.39 is 0 Å². The molecule has 0 saturated carbocycles. The van der Waals surface area contributed by atoms with Gasteiger partial charge in [0.1, 0.15) is 0 Å². The molecule has 0 spiro atoms. The highest BCUT2D eigenvalue weighted by Crippen LogP contribution is 2.14. The molecule has 1 amide bonds. The first-order chi connectivity index (χ1) is 8.75. The van der Waals surface area contributed by atoms with E-state index in [1.807, 2.05) is 11.0 Å². The summed E-state index contributed by atoms with van der Waals surface area (Å²) in [5.74, 6) is 1.45. The summed E-state index contributed by atoms with van der Waals surface area (Å²) in [5, 5.41) is 0.260. The Balaban J connectivity index is 1.73. The van der Waals surface area contributed by atoms with E-state index in [-0.39, 0.29) is 11.2 Å². The second kappa shape index (κ2) is 6.95. The van der Waals surface area contributed by atoms with Crippen molar-refractivity contribution in [3.05, 3.63) is 23.2 Å². The molecule has 4 nitrogen and oxygen atoms in total. The van der Waals surface area contributed by atoms with Crippen LogP contribution in [0.25, 0.3) is 0 Å². The maximum Gasteiger partial charge on any atom is 0.232 e. The summed E-state index contributed by atoms with van der Waals surface area (Å²) in [6, 6.07) is 1.82. The van der Waals surface area contributed by atoms with Crippen LogP contribution < -0.4 is 0 Å². The van der Waals surface area contributed by atoms with Crippen molar-refractivity contribution in [3.8, 4) is 0 Å². The molecule has 18 heavy (non-hydrogen) atoms. The van der Waals surface area contributed by atoms with Gasteiger partial charge in [-0.25, -0.2) is 9.97 Å². The van der Waals surface area contributed by atoms with Crippen LogP contribution >= 0.6 is 23.4 Å². The van der Waals surface area contributed by atoms with Gasteiger partial charge in [-0.2, -0.15) is 0 Å². The van der Waals surface area contributed by atoms with E-state index in [0.29, 0.717) is 11.5 Å². The van der Waals surface area contributed by atoms with Gasteiger partial charge in [0.15, 0.2) is 0 Å². The van der Waals surface area contributed by atoms with E-state index in [1.165, 1.54) is 6.42 Å². The summed E-state index contributed by atoms with van der Waals surface area (Å²) >= 11 is 7.28. The summed E-state index contributed by atoms with van der Waals surface area (Å²) in [6.07, 6.45) is 5.16. The lowest BCUT2D eigenvalue weighted by Gasteiger charge is -2.26. The van der Waals surface area contributed by atoms with Crippen molar-refractivity contribution in [2.24, 2.45) is 0 Å². The van der Waals surface area contributed by atoms with Crippen molar-refractivity contribution in [2.75, 3.05) is 18.8 Å². The van der Waals surface area contributed by atoms with Gasteiger partial charge in [-0.3, -0.25) is 4.79 Å². The molecule has 0 N–H and O–H groups in total. The number of carbonyl (C=O) groups is 1. The number of likely N-dealkylation sites (tertiary alicyclic amines) is 1. The van der Waals surface area contributed by atoms with Crippen LogP contribution in [0.1, 0.15) is 25.0 Å². The van der Waals surface area contributed by atoms with E-state index in [4.69, 9.17) is 11.6 Å². The second-order valence-corrected chi connectivity index (χ2v) is 5.57. The Morgan fingerprint density at radius 1 is 1.39 bits per heavy atom. The first-order valence-electron chi connectivity index (χ1n) is 6.08. The highest BCUT2D eigenvalue weighted by Gasteiger charge is 2.15. The minimum atomic E-state index is 0.236. The van der Waals surface area contributed by atoms with Crippen molar-refractivity contribution in [1.82, 2.24) is 14.9 Å². The number of hydrogen-bond donors (Lipinski definition) is 0. The normalized spacial score (nSPS) is 15.7. The zero-order valence-corrected chi connectivity index (χ0v) is 11.7. The number of hydrogen-bond acceptors (Lipinski definition) is 4. The molecule has 2 rings (SSSR count). The first kappa shape index (κ1) is 13.6. The number of halogens is 1. The lowest BCUT2D eigenvalue weighted by molar-refractivity contribution is -0.129. The van der Waals surface area contributed by atoms with Gasteiger partial charge in [-0.1, -0.05) is 0 Å². The van der Waals surface area contributed by atoms with E-state index in [0.717, 1.165) is 31.6 Å². The summed E-state index contributed by atoms with van der Waals surface area (Å²) in [7, 11) is 0. The molecule has 98 valence electrons. The van der Waals surface area contributed by atoms with Crippen molar-refractivity contribution in [1.29, 1.82) is 0 Å². The first-order valence-corrected chi connectivity index (χ1v) is 7.62. The monoisotopic (exact) mass is 285 g/mol. The molecule has 1 saturated heterocycles. The molecule has 0 unspecified atom stereocenters. The summed E-state index contributed by atoms with van der Waals surface area (Å²) in [6.45, 7) is 1.83. The van der Waals surface area contributed by atoms with Crippen LogP contribution in [0.2, 0.25) is 5.28 Å². The zero-order valence-electron chi connectivity index (χ0n) is 10.1. The molecule has 2 heterocycles. The zero-order chi connectivity index (χ0) is 12.8. The average molecular weight is 286 g/mol. The molecule has 6 heteroatoms. The van der Waals surface area contributed by atoms with E-state index in [1.54, 1.807) is 18.0 Å². The SMILES string of the molecule is O=C(CSCc1ccnc(Cl)n1)N1CCCCC1. The number of rotatable bonds is 4. The number of carbonyl (C=O) groups excluding carboxylic acids is 1. The minimum Gasteiger partial charge on any atom is -0.342 e. The highest BCUT2D eigenvalue weighted by atomic mass is 35.5. The number of piperidine rings is 1. The maximum absolute atomic E-state index is 11.9. The highest BCUT2D eigenvalue weighted by molar-refractivity contribution is 7.99. The number of nitrogens with zero attached hydrogens (tertiary/aromatic N) is 3. The molecule has 1 aromatic heterocycles. The molecule has 0 aliphatic carbocycles. The Morgan fingerprint density at radius 3 is 2.89 bits per heavy atom. The second-order valence-electron chi connectivity index (χ2n) is 4.25. The standard InChI is InChI=1S/C12H16ClN3OS/c13-12-14-5-4-10(15-12)8-18-9-11(17)16-6-2-1-3-7-16/h4-5H,1-3,6-9H2. The Hall–Kier alpha value is -0.810. The third kappa shape index (κ3) is 4.14. The predicted molar refractivity (Wildman–Crippen MR) is 73.6 cm³/mol. The molecular formula is C12H16ClN3OS. The third-order valence-corrected chi connectivity index (χ3v) is 4.00. The third-order valence-electron chi connectivity index (χ3n) is 2.87. The fraction of sp³-hybridized carbons (Fsp3) is 0.583. The Labute approximate surface area is 116 Å². The van der Waals surface area contributed by atoms with Crippen LogP contribution in [0.15, 0.2) is 12.3 Å². The smallest absolute Gasteiger partial charge is 0.232 e. The van der Waals surface area contributed by atoms with Crippen molar-refractivity contribution in [2.45, 2.75) is 25.0 Å². The van der Waals surface area contributed by atoms with Crippen molar-refractivity contribution < 1.29 is 4.79 Å². The van der Waals surface area contributed by atoms with E-state index in [9.17, 15) is 4.79 Å². The lowest BCUT2D eigenvalue weighted by atomic mass is 10.1. The molecule has 1 aromatic rings. The average Bonchev–Trinajstić information content (AvgIpc) is 2.40. The molecule has 1 aliphatic heterocycles. The number of aromatic nitrogens is 2. The molecule has 0 atom stereocenters. The van der Waals surface area contributed by atoms with E-state index in [2.05, 4.69) is 9.97 Å². The molecule has 0 radical (unpaired) electrons. The van der Waals surface area contributed by atoms with Crippen LogP contribution in [-0.2, 0) is 10.5 Å². The summed E-state index contributed by atoms with van der Waals surface area (Å²) < 4.78 is 0. The molecule has 0 bridgehead atoms. The summed E-state index contributed by atoms with van der Waals surface area (Å²) in [4.78, 5) is 21.8. The Morgan fingerprint density at radius 2 is 2.17 bits per heavy atom. The Kier molecular flexibility index (Phi) is 5.26. The fourth-order valence-corrected chi connectivity index (χ4v) is 2.92. The molecule has 0 aromatic carbocycles. The predicted octanol–water partition coefficient (Wildman–Crippen LogP) is 2.38. The molecule has 1 fully saturated rings. The lowest BCUT2D eigenvalue weighted by Crippen LogP contribution is -2.36. The van der Waals surface area contributed by atoms with Crippen molar-refractivity contribution >= 4 is 29.3 Å². The number of amides is 1. The van der Waals surface area contributed by atoms with Gasteiger partial charge in [0.05, 0.1) is 11.4 Å². The molecule has 1 aliphatic rings. The minimum absolute atomic E-state index is 0.236. The van der Waals surface area contributed by atoms with Gasteiger partial charge in [-0.05, 0) is 36.9 Å². The van der Waals surface area contributed by atoms with Crippen molar-refractivity contribution in [3.63, 3.8) is 0 Å². The van der Waals surface area contributed by atoms with Gasteiger partial charge >= 0.3 is 0 Å². The van der Waals surface area contributed by atoms with Crippen LogP contribution in [0.3, 0.4) is 0 Å². The Bertz CT molecular complexity index is 410. The van der Waals surface area contributed by atoms with Crippen LogP contribution in [0, 0.1) is 0 Å². The van der Waals surface area contributed by atoms with Gasteiger partial charge in [0.25, 0.3) is 0 Å². The van der Waals surface area contributed by atoms with Gasteiger partial charge in [0, 0.05) is 25.0 Å². The van der Waals surface area contributed by atoms with Crippen LogP contribution in [0.4, 0.5) is 0 Å². The fourth-order valence-electron chi connectivity index (χ4n) is 1.93. The molecular weight excluding hydrogens is 270 g/mol. The van der Waals surface area contributed by atoms with Crippen LogP contribution in [-0.4, -0.2) is 39.6 Å². The largest absolute Gasteiger partial charge is 0.342 e. The van der Waals surface area contributed by atoms with E-state index >= 15 is 0 Å². The van der Waals surface area contributed by atoms with Gasteiger partial charge in [-0.15, -0.1) is 11.8 Å².